The third kappa shape index (κ3) is 2.52. The van der Waals surface area contributed by atoms with Crippen LogP contribution in [0.15, 0.2) is 24.3 Å². The Bertz CT molecular complexity index is 326. The molecule has 0 aromatic heterocycles. The molecule has 1 rings (SSSR count). The van der Waals surface area contributed by atoms with Crippen molar-refractivity contribution in [3.8, 4) is 18.3 Å². The summed E-state index contributed by atoms with van der Waals surface area (Å²) in [5, 5.41) is 0. The van der Waals surface area contributed by atoms with Crippen LogP contribution in [-0.2, 0) is 5.41 Å². The molecule has 0 heterocycles. The molecule has 0 amide bonds. The van der Waals surface area contributed by atoms with Crippen LogP contribution in [0.2, 0.25) is 0 Å². The van der Waals surface area contributed by atoms with Crippen molar-refractivity contribution in [2.45, 2.75) is 26.2 Å². The molecule has 1 nitrogen and oxygen atoms in total. The molecule has 13 heavy (non-hydrogen) atoms. The smallest absolute Gasteiger partial charge is 0.140 e. The van der Waals surface area contributed by atoms with Crippen molar-refractivity contribution in [3.05, 3.63) is 29.8 Å². The molecule has 68 valence electrons. The topological polar surface area (TPSA) is 9.23 Å². The van der Waals surface area contributed by atoms with Gasteiger partial charge >= 0.3 is 0 Å². The van der Waals surface area contributed by atoms with Gasteiger partial charge in [-0.2, -0.15) is 0 Å². The highest BCUT2D eigenvalue weighted by molar-refractivity contribution is 5.33. The standard InChI is InChI=1S/C12H14O/c1-5-13-11-8-6-7-10(9-11)12(2,3)4/h1,6-9H,2-4H3. The molecule has 0 spiro atoms. The van der Waals surface area contributed by atoms with Crippen LogP contribution >= 0.6 is 0 Å². The van der Waals surface area contributed by atoms with Crippen LogP contribution in [0, 0.1) is 12.5 Å². The van der Waals surface area contributed by atoms with Crippen molar-refractivity contribution >= 4 is 0 Å². The van der Waals surface area contributed by atoms with Crippen LogP contribution in [-0.4, -0.2) is 0 Å². The molecule has 1 aromatic carbocycles. The number of ether oxygens (including phenoxy) is 1. The van der Waals surface area contributed by atoms with E-state index >= 15 is 0 Å². The van der Waals surface area contributed by atoms with Gasteiger partial charge in [-0.1, -0.05) is 39.3 Å². The molecule has 1 aromatic rings. The fourth-order valence-electron chi connectivity index (χ4n) is 1.09. The van der Waals surface area contributed by atoms with Gasteiger partial charge in [-0.25, -0.2) is 0 Å². The molecular weight excluding hydrogens is 160 g/mol. The van der Waals surface area contributed by atoms with E-state index in [4.69, 9.17) is 11.2 Å². The molecule has 0 fully saturated rings. The molecule has 0 aliphatic rings. The molecule has 0 N–H and O–H groups in total. The van der Waals surface area contributed by atoms with E-state index in [9.17, 15) is 0 Å². The van der Waals surface area contributed by atoms with E-state index < -0.39 is 0 Å². The minimum absolute atomic E-state index is 0.133. The summed E-state index contributed by atoms with van der Waals surface area (Å²) in [6, 6.07) is 7.85. The average Bonchev–Trinajstić information content (AvgIpc) is 2.04. The predicted octanol–water partition coefficient (Wildman–Crippen LogP) is 2.95. The van der Waals surface area contributed by atoms with Crippen LogP contribution in [0.1, 0.15) is 26.3 Å². The average molecular weight is 174 g/mol. The van der Waals surface area contributed by atoms with Gasteiger partial charge in [-0.15, -0.1) is 0 Å². The van der Waals surface area contributed by atoms with Crippen molar-refractivity contribution in [2.24, 2.45) is 0 Å². The van der Waals surface area contributed by atoms with Gasteiger partial charge in [-0.05, 0) is 23.1 Å². The van der Waals surface area contributed by atoms with Gasteiger partial charge in [-0.3, -0.25) is 0 Å². The maximum atomic E-state index is 5.05. The van der Waals surface area contributed by atoms with Crippen molar-refractivity contribution in [1.29, 1.82) is 0 Å². The number of hydrogen-bond donors (Lipinski definition) is 0. The zero-order valence-corrected chi connectivity index (χ0v) is 8.29. The van der Waals surface area contributed by atoms with E-state index in [2.05, 4.69) is 32.9 Å². The van der Waals surface area contributed by atoms with E-state index in [1.807, 2.05) is 18.2 Å². The Morgan fingerprint density at radius 1 is 1.31 bits per heavy atom. The van der Waals surface area contributed by atoms with Crippen molar-refractivity contribution < 1.29 is 4.74 Å². The Morgan fingerprint density at radius 2 is 2.00 bits per heavy atom. The fourth-order valence-corrected chi connectivity index (χ4v) is 1.09. The van der Waals surface area contributed by atoms with Gasteiger partial charge in [0.2, 0.25) is 0 Å². The molecule has 0 unspecified atom stereocenters. The minimum Gasteiger partial charge on any atom is -0.408 e. The zero-order valence-electron chi connectivity index (χ0n) is 8.29. The Kier molecular flexibility index (Phi) is 2.63. The van der Waals surface area contributed by atoms with E-state index in [1.54, 1.807) is 0 Å². The minimum atomic E-state index is 0.133. The van der Waals surface area contributed by atoms with Crippen LogP contribution in [0.5, 0.6) is 5.75 Å². The molecule has 0 bridgehead atoms. The van der Waals surface area contributed by atoms with E-state index in [0.717, 1.165) is 5.75 Å². The molecule has 0 saturated heterocycles. The summed E-state index contributed by atoms with van der Waals surface area (Å²) < 4.78 is 4.97. The first-order valence-corrected chi connectivity index (χ1v) is 4.27. The normalized spacial score (nSPS) is 10.6. The summed E-state index contributed by atoms with van der Waals surface area (Å²) in [7, 11) is 0. The summed E-state index contributed by atoms with van der Waals surface area (Å²) in [5.74, 6) is 0.731. The quantitative estimate of drug-likeness (QED) is 0.595. The van der Waals surface area contributed by atoms with Crippen LogP contribution in [0.25, 0.3) is 0 Å². The first-order valence-electron chi connectivity index (χ1n) is 4.27. The van der Waals surface area contributed by atoms with E-state index in [0.29, 0.717) is 0 Å². The summed E-state index contributed by atoms with van der Waals surface area (Å²) >= 11 is 0. The molecule has 0 aliphatic carbocycles. The maximum absolute atomic E-state index is 5.05. The number of benzene rings is 1. The molecule has 0 radical (unpaired) electrons. The SMILES string of the molecule is C#COc1cccc(C(C)(C)C)c1. The third-order valence-corrected chi connectivity index (χ3v) is 1.88. The van der Waals surface area contributed by atoms with E-state index in [1.165, 1.54) is 5.56 Å². The van der Waals surface area contributed by atoms with Crippen molar-refractivity contribution in [2.75, 3.05) is 0 Å². The van der Waals surface area contributed by atoms with Crippen molar-refractivity contribution in [3.63, 3.8) is 0 Å². The van der Waals surface area contributed by atoms with Gasteiger partial charge in [0.1, 0.15) is 11.9 Å². The second kappa shape index (κ2) is 3.53. The lowest BCUT2D eigenvalue weighted by atomic mass is 9.87. The second-order valence-corrected chi connectivity index (χ2v) is 4.00. The highest BCUT2D eigenvalue weighted by Gasteiger charge is 2.13. The fraction of sp³-hybridized carbons (Fsp3) is 0.333. The first-order chi connectivity index (χ1) is 6.04. The zero-order chi connectivity index (χ0) is 9.90. The monoisotopic (exact) mass is 174 g/mol. The maximum Gasteiger partial charge on any atom is 0.140 e. The second-order valence-electron chi connectivity index (χ2n) is 4.00. The van der Waals surface area contributed by atoms with Crippen molar-refractivity contribution in [1.82, 2.24) is 0 Å². The Labute approximate surface area is 79.7 Å². The molecular formula is C12H14O. The Hall–Kier alpha value is -1.42. The summed E-state index contributed by atoms with van der Waals surface area (Å²) in [6.45, 7) is 6.46. The molecule has 0 aliphatic heterocycles. The summed E-state index contributed by atoms with van der Waals surface area (Å²) in [6.07, 6.45) is 7.21. The van der Waals surface area contributed by atoms with Gasteiger partial charge in [0, 0.05) is 0 Å². The van der Waals surface area contributed by atoms with Crippen LogP contribution in [0.3, 0.4) is 0 Å². The van der Waals surface area contributed by atoms with Gasteiger partial charge in [0.05, 0.1) is 0 Å². The largest absolute Gasteiger partial charge is 0.408 e. The van der Waals surface area contributed by atoms with Crippen LogP contribution in [0.4, 0.5) is 0 Å². The highest BCUT2D eigenvalue weighted by Crippen LogP contribution is 2.25. The summed E-state index contributed by atoms with van der Waals surface area (Å²) in [5.41, 5.74) is 1.36. The Balaban J connectivity index is 3.00. The lowest BCUT2D eigenvalue weighted by molar-refractivity contribution is 0.514. The third-order valence-electron chi connectivity index (χ3n) is 1.88. The lowest BCUT2D eigenvalue weighted by Crippen LogP contribution is -2.10. The molecule has 0 saturated carbocycles. The number of hydrogen-bond acceptors (Lipinski definition) is 1. The van der Waals surface area contributed by atoms with Gasteiger partial charge in [0.25, 0.3) is 0 Å². The number of terminal acetylenes is 1. The first kappa shape index (κ1) is 9.67. The summed E-state index contributed by atoms with van der Waals surface area (Å²) in [4.78, 5) is 0. The lowest BCUT2D eigenvalue weighted by Gasteiger charge is -2.18. The molecule has 1 heteroatoms. The van der Waals surface area contributed by atoms with Gasteiger partial charge < -0.3 is 4.74 Å². The Morgan fingerprint density at radius 3 is 2.54 bits per heavy atom. The predicted molar refractivity (Wildman–Crippen MR) is 54.6 cm³/mol. The number of rotatable bonds is 1. The molecule has 0 atom stereocenters. The highest BCUT2D eigenvalue weighted by atomic mass is 16.5. The van der Waals surface area contributed by atoms with Gasteiger partial charge in [0.15, 0.2) is 0 Å². The van der Waals surface area contributed by atoms with E-state index in [-0.39, 0.29) is 5.41 Å². The van der Waals surface area contributed by atoms with Crippen LogP contribution < -0.4 is 4.74 Å².